The van der Waals surface area contributed by atoms with Gasteiger partial charge in [-0.2, -0.15) is 0 Å². The van der Waals surface area contributed by atoms with Gasteiger partial charge in [-0.1, -0.05) is 54.1 Å². The van der Waals surface area contributed by atoms with Gasteiger partial charge < -0.3 is 9.84 Å². The van der Waals surface area contributed by atoms with E-state index < -0.39 is 11.6 Å². The van der Waals surface area contributed by atoms with Crippen molar-refractivity contribution >= 4 is 11.5 Å². The van der Waals surface area contributed by atoms with Gasteiger partial charge in [-0.05, 0) is 37.5 Å². The minimum Gasteiger partial charge on any atom is -0.463 e. The van der Waals surface area contributed by atoms with Gasteiger partial charge >= 0.3 is 5.97 Å². The first-order chi connectivity index (χ1) is 11.0. The van der Waals surface area contributed by atoms with Gasteiger partial charge in [0, 0.05) is 5.57 Å². The number of aliphatic hydroxyl groups is 1. The van der Waals surface area contributed by atoms with Crippen molar-refractivity contribution in [3.63, 3.8) is 0 Å². The van der Waals surface area contributed by atoms with Gasteiger partial charge in [0.15, 0.2) is 0 Å². The lowest BCUT2D eigenvalue weighted by molar-refractivity contribution is -0.140. The van der Waals surface area contributed by atoms with Gasteiger partial charge in [0.25, 0.3) is 0 Å². The molecular formula is C20H20O3. The van der Waals surface area contributed by atoms with Crippen LogP contribution in [0.3, 0.4) is 0 Å². The summed E-state index contributed by atoms with van der Waals surface area (Å²) in [6, 6.07) is 15.5. The Labute approximate surface area is 136 Å². The summed E-state index contributed by atoms with van der Waals surface area (Å²) in [5, 5.41) is 11.0. The van der Waals surface area contributed by atoms with Gasteiger partial charge in [0.05, 0.1) is 12.2 Å². The van der Waals surface area contributed by atoms with Gasteiger partial charge in [-0.3, -0.25) is 0 Å². The molecule has 1 N–H and O–H groups in total. The Balaban J connectivity index is 2.28. The third kappa shape index (κ3) is 2.47. The number of ether oxygens (including phenoxy) is 1. The van der Waals surface area contributed by atoms with Crippen LogP contribution >= 0.6 is 0 Å². The number of aryl methyl sites for hydroxylation is 1. The number of carbonyl (C=O) groups is 1. The van der Waals surface area contributed by atoms with Crippen LogP contribution in [0.1, 0.15) is 36.1 Å². The summed E-state index contributed by atoms with van der Waals surface area (Å²) < 4.78 is 5.21. The molecule has 3 nitrogen and oxygen atoms in total. The van der Waals surface area contributed by atoms with Crippen molar-refractivity contribution in [3.8, 4) is 0 Å². The molecule has 0 bridgehead atoms. The van der Waals surface area contributed by atoms with Crippen LogP contribution in [0.2, 0.25) is 0 Å². The molecule has 0 radical (unpaired) electrons. The number of hydrogen-bond donors (Lipinski definition) is 1. The van der Waals surface area contributed by atoms with Crippen molar-refractivity contribution in [1.29, 1.82) is 0 Å². The molecule has 0 saturated heterocycles. The lowest BCUT2D eigenvalue weighted by atomic mass is 9.92. The van der Waals surface area contributed by atoms with Crippen molar-refractivity contribution in [2.24, 2.45) is 0 Å². The van der Waals surface area contributed by atoms with Crippen LogP contribution in [-0.4, -0.2) is 17.7 Å². The van der Waals surface area contributed by atoms with E-state index in [0.29, 0.717) is 5.57 Å². The highest BCUT2D eigenvalue weighted by molar-refractivity contribution is 6.07. The van der Waals surface area contributed by atoms with E-state index in [1.54, 1.807) is 13.8 Å². The van der Waals surface area contributed by atoms with Crippen molar-refractivity contribution < 1.29 is 14.6 Å². The van der Waals surface area contributed by atoms with Gasteiger partial charge in [0.1, 0.15) is 5.60 Å². The maximum atomic E-state index is 12.5. The topological polar surface area (TPSA) is 46.5 Å². The summed E-state index contributed by atoms with van der Waals surface area (Å²) in [5.41, 5.74) is 3.37. The smallest absolute Gasteiger partial charge is 0.337 e. The quantitative estimate of drug-likeness (QED) is 0.882. The van der Waals surface area contributed by atoms with E-state index in [1.807, 2.05) is 55.5 Å². The van der Waals surface area contributed by atoms with E-state index >= 15 is 0 Å². The number of fused-ring (bicyclic) bond motifs is 1. The van der Waals surface area contributed by atoms with Crippen LogP contribution in [0.25, 0.3) is 5.57 Å². The fourth-order valence-electron chi connectivity index (χ4n) is 3.16. The molecule has 3 rings (SSSR count). The Hall–Kier alpha value is -2.39. The van der Waals surface area contributed by atoms with Gasteiger partial charge in [-0.25, -0.2) is 4.79 Å². The van der Waals surface area contributed by atoms with Crippen LogP contribution in [-0.2, 0) is 15.1 Å². The molecule has 23 heavy (non-hydrogen) atoms. The van der Waals surface area contributed by atoms with Crippen molar-refractivity contribution in [2.75, 3.05) is 6.61 Å². The largest absolute Gasteiger partial charge is 0.463 e. The zero-order valence-corrected chi connectivity index (χ0v) is 13.6. The Morgan fingerprint density at radius 1 is 1.13 bits per heavy atom. The van der Waals surface area contributed by atoms with Crippen LogP contribution in [0.5, 0.6) is 0 Å². The van der Waals surface area contributed by atoms with Crippen LogP contribution in [0.4, 0.5) is 0 Å². The monoisotopic (exact) mass is 308 g/mol. The zero-order valence-electron chi connectivity index (χ0n) is 13.6. The van der Waals surface area contributed by atoms with Crippen LogP contribution in [0.15, 0.2) is 54.1 Å². The molecule has 0 heterocycles. The first-order valence-corrected chi connectivity index (χ1v) is 7.78. The Morgan fingerprint density at radius 2 is 1.78 bits per heavy atom. The van der Waals surface area contributed by atoms with Gasteiger partial charge in [0.2, 0.25) is 0 Å². The highest BCUT2D eigenvalue weighted by Gasteiger charge is 2.44. The molecule has 2 aromatic rings. The van der Waals surface area contributed by atoms with Crippen molar-refractivity contribution in [3.05, 3.63) is 76.4 Å². The summed E-state index contributed by atoms with van der Waals surface area (Å²) in [7, 11) is 0. The third-order valence-electron chi connectivity index (χ3n) is 4.28. The number of carbonyl (C=O) groups excluding carboxylic acids is 1. The summed E-state index contributed by atoms with van der Waals surface area (Å²) in [4.78, 5) is 12.5. The molecule has 1 aliphatic rings. The summed E-state index contributed by atoms with van der Waals surface area (Å²) in [6.07, 6.45) is 0. The molecule has 1 atom stereocenters. The highest BCUT2D eigenvalue weighted by atomic mass is 16.5. The maximum absolute atomic E-state index is 12.5. The second-order valence-electron chi connectivity index (χ2n) is 5.95. The van der Waals surface area contributed by atoms with E-state index in [0.717, 1.165) is 27.8 Å². The summed E-state index contributed by atoms with van der Waals surface area (Å²) >= 11 is 0. The normalized spacial score (nSPS) is 19.7. The van der Waals surface area contributed by atoms with Crippen molar-refractivity contribution in [1.82, 2.24) is 0 Å². The number of esters is 1. The Bertz CT molecular complexity index is 783. The maximum Gasteiger partial charge on any atom is 0.337 e. The number of hydrogen-bond acceptors (Lipinski definition) is 3. The molecule has 0 unspecified atom stereocenters. The molecule has 0 fully saturated rings. The Kier molecular flexibility index (Phi) is 3.82. The van der Waals surface area contributed by atoms with E-state index in [9.17, 15) is 9.90 Å². The minimum atomic E-state index is -1.36. The van der Waals surface area contributed by atoms with E-state index in [2.05, 4.69) is 0 Å². The molecule has 3 heteroatoms. The van der Waals surface area contributed by atoms with E-state index in [-0.39, 0.29) is 6.61 Å². The molecule has 0 aliphatic heterocycles. The molecule has 0 amide bonds. The molecule has 118 valence electrons. The Morgan fingerprint density at radius 3 is 2.43 bits per heavy atom. The average molecular weight is 308 g/mol. The second-order valence-corrected chi connectivity index (χ2v) is 5.95. The summed E-state index contributed by atoms with van der Waals surface area (Å²) in [6.45, 7) is 5.71. The molecule has 1 aliphatic carbocycles. The molecule has 0 aromatic heterocycles. The SMILES string of the molecule is CCOC(=O)C1=C(c2ccc(C)cc2)c2ccccc2[C@@]1(C)O. The predicted molar refractivity (Wildman–Crippen MR) is 89.8 cm³/mol. The number of benzene rings is 2. The minimum absolute atomic E-state index is 0.274. The predicted octanol–water partition coefficient (Wildman–Crippen LogP) is 3.58. The van der Waals surface area contributed by atoms with E-state index in [1.165, 1.54) is 0 Å². The molecule has 0 spiro atoms. The lowest BCUT2D eigenvalue weighted by Gasteiger charge is -2.21. The first kappa shape index (κ1) is 15.5. The van der Waals surface area contributed by atoms with Crippen LogP contribution in [0, 0.1) is 6.92 Å². The fourth-order valence-corrected chi connectivity index (χ4v) is 3.16. The highest BCUT2D eigenvalue weighted by Crippen LogP contribution is 2.47. The summed E-state index contributed by atoms with van der Waals surface area (Å²) in [5.74, 6) is -0.468. The average Bonchev–Trinajstić information content (AvgIpc) is 2.77. The molecule has 0 saturated carbocycles. The first-order valence-electron chi connectivity index (χ1n) is 7.78. The van der Waals surface area contributed by atoms with Crippen LogP contribution < -0.4 is 0 Å². The van der Waals surface area contributed by atoms with Crippen molar-refractivity contribution in [2.45, 2.75) is 26.4 Å². The molecule has 2 aromatic carbocycles. The third-order valence-corrected chi connectivity index (χ3v) is 4.28. The zero-order chi connectivity index (χ0) is 16.6. The fraction of sp³-hybridized carbons (Fsp3) is 0.250. The lowest BCUT2D eigenvalue weighted by Crippen LogP contribution is -2.27. The van der Waals surface area contributed by atoms with Gasteiger partial charge in [-0.15, -0.1) is 0 Å². The molecular weight excluding hydrogens is 288 g/mol. The standard InChI is InChI=1S/C20H20O3/c1-4-23-19(21)18-17(14-11-9-13(2)10-12-14)15-7-5-6-8-16(15)20(18,3)22/h5-12,22H,4H2,1-3H3/t20-/m1/s1. The second kappa shape index (κ2) is 5.67. The number of rotatable bonds is 3. The van der Waals surface area contributed by atoms with E-state index in [4.69, 9.17) is 4.74 Å².